The lowest BCUT2D eigenvalue weighted by Gasteiger charge is -2.20. The van der Waals surface area contributed by atoms with Gasteiger partial charge in [0.15, 0.2) is 5.78 Å². The first-order chi connectivity index (χ1) is 8.06. The highest BCUT2D eigenvalue weighted by atomic mass is 32.1. The highest BCUT2D eigenvalue weighted by Gasteiger charge is 2.14. The molecule has 0 bridgehead atoms. The molecule has 92 valence electrons. The number of nitriles is 1. The van der Waals surface area contributed by atoms with Gasteiger partial charge in [0.05, 0.1) is 23.4 Å². The van der Waals surface area contributed by atoms with Crippen LogP contribution in [0.3, 0.4) is 0 Å². The van der Waals surface area contributed by atoms with E-state index < -0.39 is 0 Å². The summed E-state index contributed by atoms with van der Waals surface area (Å²) in [5, 5.41) is 8.77. The van der Waals surface area contributed by atoms with E-state index in [0.29, 0.717) is 13.1 Å². The average molecular weight is 250 g/mol. The van der Waals surface area contributed by atoms with Crippen LogP contribution in [0.15, 0.2) is 12.1 Å². The maximum Gasteiger partial charge on any atom is 0.186 e. The third-order valence-electron chi connectivity index (χ3n) is 2.58. The number of carbonyl (C=O) groups is 1. The molecule has 1 rings (SSSR count). The van der Waals surface area contributed by atoms with Gasteiger partial charge in [0.1, 0.15) is 0 Å². The zero-order chi connectivity index (χ0) is 12.8. The van der Waals surface area contributed by atoms with Gasteiger partial charge < -0.3 is 0 Å². The Labute approximate surface area is 107 Å². The Morgan fingerprint density at radius 2 is 2.29 bits per heavy atom. The monoisotopic (exact) mass is 250 g/mol. The first-order valence-corrected chi connectivity index (χ1v) is 6.60. The van der Waals surface area contributed by atoms with E-state index >= 15 is 0 Å². The molecular formula is C13H18N2OS. The van der Waals surface area contributed by atoms with Crippen LogP contribution in [-0.2, 0) is 0 Å². The maximum atomic E-state index is 12.0. The lowest BCUT2D eigenvalue weighted by atomic mass is 10.2. The Kier molecular flexibility index (Phi) is 5.33. The van der Waals surface area contributed by atoms with Crippen LogP contribution in [0.25, 0.3) is 0 Å². The van der Waals surface area contributed by atoms with Gasteiger partial charge in [0.2, 0.25) is 0 Å². The van der Waals surface area contributed by atoms with Gasteiger partial charge in [-0.3, -0.25) is 9.69 Å². The largest absolute Gasteiger partial charge is 0.295 e. The van der Waals surface area contributed by atoms with Crippen molar-refractivity contribution in [3.8, 4) is 6.07 Å². The molecule has 0 aliphatic carbocycles. The zero-order valence-electron chi connectivity index (χ0n) is 10.6. The number of hydrogen-bond acceptors (Lipinski definition) is 4. The smallest absolute Gasteiger partial charge is 0.186 e. The Morgan fingerprint density at radius 1 is 1.59 bits per heavy atom. The molecule has 0 spiro atoms. The first-order valence-electron chi connectivity index (χ1n) is 5.78. The molecule has 17 heavy (non-hydrogen) atoms. The molecule has 1 aromatic rings. The van der Waals surface area contributed by atoms with Crippen molar-refractivity contribution in [1.82, 2.24) is 4.90 Å². The lowest BCUT2D eigenvalue weighted by Crippen LogP contribution is -2.33. The van der Waals surface area contributed by atoms with Gasteiger partial charge in [-0.2, -0.15) is 5.26 Å². The number of ketones is 1. The highest BCUT2D eigenvalue weighted by Crippen LogP contribution is 2.16. The summed E-state index contributed by atoms with van der Waals surface area (Å²) < 4.78 is 0. The van der Waals surface area contributed by atoms with Gasteiger partial charge in [-0.05, 0) is 32.5 Å². The van der Waals surface area contributed by atoms with E-state index in [1.807, 2.05) is 37.8 Å². The Hall–Kier alpha value is -1.18. The van der Waals surface area contributed by atoms with Crippen molar-refractivity contribution in [2.24, 2.45) is 5.92 Å². The van der Waals surface area contributed by atoms with E-state index in [9.17, 15) is 4.79 Å². The molecule has 0 amide bonds. The minimum atomic E-state index is -0.0344. The van der Waals surface area contributed by atoms with Crippen LogP contribution in [0.5, 0.6) is 0 Å². The number of likely N-dealkylation sites (N-methyl/N-ethyl adjacent to an activating group) is 1. The van der Waals surface area contributed by atoms with Crippen LogP contribution in [0.4, 0.5) is 0 Å². The van der Waals surface area contributed by atoms with E-state index in [1.54, 1.807) is 0 Å². The van der Waals surface area contributed by atoms with E-state index in [2.05, 4.69) is 6.07 Å². The average Bonchev–Trinajstić information content (AvgIpc) is 2.74. The molecule has 1 heterocycles. The molecular weight excluding hydrogens is 232 g/mol. The number of carbonyl (C=O) groups excluding carboxylic acids is 1. The molecule has 0 radical (unpaired) electrons. The van der Waals surface area contributed by atoms with Gasteiger partial charge in [-0.1, -0.05) is 6.92 Å². The van der Waals surface area contributed by atoms with Gasteiger partial charge in [-0.25, -0.2) is 0 Å². The molecule has 1 aromatic heterocycles. The summed E-state index contributed by atoms with van der Waals surface area (Å²) in [5.74, 6) is 0.114. The molecule has 1 atom stereocenters. The number of Topliss-reactive ketones (excluding diaryl/α,β-unsaturated/α-hetero) is 1. The topological polar surface area (TPSA) is 44.1 Å². The van der Waals surface area contributed by atoms with Gasteiger partial charge in [0.25, 0.3) is 0 Å². The summed E-state index contributed by atoms with van der Waals surface area (Å²) in [6.07, 6.45) is 0. The highest BCUT2D eigenvalue weighted by molar-refractivity contribution is 7.14. The Morgan fingerprint density at radius 3 is 2.76 bits per heavy atom. The molecule has 0 aromatic carbocycles. The molecule has 4 heteroatoms. The number of nitrogens with zero attached hydrogens (tertiary/aromatic N) is 2. The third-order valence-corrected chi connectivity index (χ3v) is 3.62. The molecule has 0 N–H and O–H groups in total. The number of thiophene rings is 1. The van der Waals surface area contributed by atoms with Gasteiger partial charge >= 0.3 is 0 Å². The SMILES string of the molecule is CCN(CC(=O)c1ccc(C)s1)CC(C)C#N. The summed E-state index contributed by atoms with van der Waals surface area (Å²) in [6, 6.07) is 6.04. The van der Waals surface area contributed by atoms with Crippen molar-refractivity contribution in [2.45, 2.75) is 20.8 Å². The summed E-state index contributed by atoms with van der Waals surface area (Å²) in [6.45, 7) is 7.74. The second-order valence-electron chi connectivity index (χ2n) is 4.19. The fourth-order valence-corrected chi connectivity index (χ4v) is 2.40. The molecule has 0 aliphatic heterocycles. The normalized spacial score (nSPS) is 12.4. The molecule has 0 aliphatic rings. The summed E-state index contributed by atoms with van der Waals surface area (Å²) >= 11 is 1.53. The molecule has 0 saturated heterocycles. The van der Waals surface area contributed by atoms with Crippen LogP contribution in [0.1, 0.15) is 28.4 Å². The van der Waals surface area contributed by atoms with Crippen LogP contribution < -0.4 is 0 Å². The first kappa shape index (κ1) is 13.9. The van der Waals surface area contributed by atoms with Crippen LogP contribution in [0.2, 0.25) is 0 Å². The summed E-state index contributed by atoms with van der Waals surface area (Å²) in [5.41, 5.74) is 0. The predicted molar refractivity (Wildman–Crippen MR) is 70.3 cm³/mol. The maximum absolute atomic E-state index is 12.0. The standard InChI is InChI=1S/C13H18N2OS/c1-4-15(8-10(2)7-14)9-12(16)13-6-5-11(3)17-13/h5-6,10H,4,8-9H2,1-3H3. The van der Waals surface area contributed by atoms with Crippen molar-refractivity contribution in [2.75, 3.05) is 19.6 Å². The van der Waals surface area contributed by atoms with Crippen molar-refractivity contribution < 1.29 is 4.79 Å². The number of aryl methyl sites for hydroxylation is 1. The fourth-order valence-electron chi connectivity index (χ4n) is 1.60. The fraction of sp³-hybridized carbons (Fsp3) is 0.538. The van der Waals surface area contributed by atoms with Crippen LogP contribution >= 0.6 is 11.3 Å². The second kappa shape index (κ2) is 6.53. The van der Waals surface area contributed by atoms with Crippen molar-refractivity contribution in [3.63, 3.8) is 0 Å². The molecule has 0 fully saturated rings. The number of rotatable bonds is 6. The summed E-state index contributed by atoms with van der Waals surface area (Å²) in [4.78, 5) is 16.0. The van der Waals surface area contributed by atoms with Gasteiger partial charge in [0, 0.05) is 11.4 Å². The van der Waals surface area contributed by atoms with Crippen LogP contribution in [-0.4, -0.2) is 30.3 Å². The summed E-state index contributed by atoms with van der Waals surface area (Å²) in [7, 11) is 0. The zero-order valence-corrected chi connectivity index (χ0v) is 11.4. The quantitative estimate of drug-likeness (QED) is 0.729. The minimum Gasteiger partial charge on any atom is -0.295 e. The number of hydrogen-bond donors (Lipinski definition) is 0. The van der Waals surface area contributed by atoms with E-state index in [1.165, 1.54) is 11.3 Å². The predicted octanol–water partition coefficient (Wildman–Crippen LogP) is 2.72. The van der Waals surface area contributed by atoms with Crippen LogP contribution in [0, 0.1) is 24.2 Å². The Balaban J connectivity index is 2.57. The minimum absolute atomic E-state index is 0.0344. The third kappa shape index (κ3) is 4.29. The van der Waals surface area contributed by atoms with Crippen molar-refractivity contribution >= 4 is 17.1 Å². The van der Waals surface area contributed by atoms with Gasteiger partial charge in [-0.15, -0.1) is 11.3 Å². The molecule has 1 unspecified atom stereocenters. The van der Waals surface area contributed by atoms with E-state index in [4.69, 9.17) is 5.26 Å². The van der Waals surface area contributed by atoms with Crippen molar-refractivity contribution in [1.29, 1.82) is 5.26 Å². The van der Waals surface area contributed by atoms with Crippen molar-refractivity contribution in [3.05, 3.63) is 21.9 Å². The second-order valence-corrected chi connectivity index (χ2v) is 5.48. The van der Waals surface area contributed by atoms with E-state index in [-0.39, 0.29) is 11.7 Å². The Bertz CT molecular complexity index is 419. The lowest BCUT2D eigenvalue weighted by molar-refractivity contribution is 0.0933. The van der Waals surface area contributed by atoms with E-state index in [0.717, 1.165) is 16.3 Å². The molecule has 0 saturated carbocycles. The molecule has 3 nitrogen and oxygen atoms in total.